The van der Waals surface area contributed by atoms with E-state index < -0.39 is 6.04 Å². The highest BCUT2D eigenvalue weighted by atomic mass is 16.5. The maximum Gasteiger partial charge on any atom is 0.261 e. The molecule has 0 spiro atoms. The number of ether oxygens (including phenoxy) is 1. The summed E-state index contributed by atoms with van der Waals surface area (Å²) in [4.78, 5) is 28.9. The molecule has 0 saturated heterocycles. The lowest BCUT2D eigenvalue weighted by molar-refractivity contribution is -0.143. The molecule has 0 unspecified atom stereocenters. The fourth-order valence-electron chi connectivity index (χ4n) is 3.99. The van der Waals surface area contributed by atoms with Crippen molar-refractivity contribution in [2.45, 2.75) is 66.1 Å². The molecule has 0 aliphatic rings. The minimum atomic E-state index is -0.669. The van der Waals surface area contributed by atoms with Crippen LogP contribution < -0.4 is 10.1 Å². The van der Waals surface area contributed by atoms with Gasteiger partial charge >= 0.3 is 0 Å². The lowest BCUT2D eigenvalue weighted by Gasteiger charge is -2.32. The first-order valence-electron chi connectivity index (χ1n) is 12.7. The second kappa shape index (κ2) is 12.9. The van der Waals surface area contributed by atoms with E-state index in [0.29, 0.717) is 18.7 Å². The van der Waals surface area contributed by atoms with Gasteiger partial charge in [0.05, 0.1) is 0 Å². The van der Waals surface area contributed by atoms with Gasteiger partial charge in [0.25, 0.3) is 5.91 Å². The summed E-state index contributed by atoms with van der Waals surface area (Å²) in [6.07, 6.45) is 1.23. The molecule has 5 heteroatoms. The van der Waals surface area contributed by atoms with Crippen LogP contribution in [0.2, 0.25) is 0 Å². The highest BCUT2D eigenvalue weighted by Gasteiger charge is 2.31. The summed E-state index contributed by atoms with van der Waals surface area (Å²) in [5.74, 6) is 0.305. The predicted octanol–water partition coefficient (Wildman–Crippen LogP) is 5.55. The molecule has 1 N–H and O–H groups in total. The molecule has 2 atom stereocenters. The molecule has 3 rings (SSSR count). The number of carbonyl (C=O) groups is 2. The lowest BCUT2D eigenvalue weighted by Crippen LogP contribution is -2.53. The maximum absolute atomic E-state index is 13.7. The van der Waals surface area contributed by atoms with Crippen molar-refractivity contribution < 1.29 is 14.3 Å². The van der Waals surface area contributed by atoms with Gasteiger partial charge < -0.3 is 15.0 Å². The number of nitrogens with zero attached hydrogens (tertiary/aromatic N) is 1. The van der Waals surface area contributed by atoms with Crippen molar-refractivity contribution in [3.8, 4) is 5.75 Å². The first-order chi connectivity index (χ1) is 17.3. The van der Waals surface area contributed by atoms with Gasteiger partial charge in [0.2, 0.25) is 5.91 Å². The van der Waals surface area contributed by atoms with Crippen LogP contribution in [0.1, 0.15) is 48.1 Å². The van der Waals surface area contributed by atoms with E-state index in [-0.39, 0.29) is 24.5 Å². The molecule has 0 aliphatic heterocycles. The number of aryl methyl sites for hydroxylation is 2. The van der Waals surface area contributed by atoms with Crippen LogP contribution >= 0.6 is 0 Å². The standard InChI is InChI=1S/C31H38N2O3/c1-6-24(4)32-31(35)28(19-26-12-8-7-9-13-26)33(20-27-17-15-22(2)16-18-27)30(34)21-36-29-14-10-11-23(3)25(29)5/h7-18,24,28H,6,19-21H2,1-5H3,(H,32,35)/t24-,28+/m1/s1. The summed E-state index contributed by atoms with van der Waals surface area (Å²) in [6, 6.07) is 23.1. The Labute approximate surface area is 215 Å². The molecular formula is C31H38N2O3. The minimum absolute atomic E-state index is 0.0123. The third kappa shape index (κ3) is 7.45. The predicted molar refractivity (Wildman–Crippen MR) is 145 cm³/mol. The van der Waals surface area contributed by atoms with Crippen molar-refractivity contribution in [3.05, 3.63) is 101 Å². The van der Waals surface area contributed by atoms with Crippen LogP contribution in [0.15, 0.2) is 72.8 Å². The van der Waals surface area contributed by atoms with E-state index in [1.165, 1.54) is 0 Å². The molecule has 0 heterocycles. The van der Waals surface area contributed by atoms with E-state index in [1.54, 1.807) is 4.90 Å². The van der Waals surface area contributed by atoms with Crippen LogP contribution in [0.5, 0.6) is 5.75 Å². The number of hydrogen-bond acceptors (Lipinski definition) is 3. The molecule has 36 heavy (non-hydrogen) atoms. The first-order valence-corrected chi connectivity index (χ1v) is 12.7. The van der Waals surface area contributed by atoms with Crippen molar-refractivity contribution in [1.29, 1.82) is 0 Å². The normalized spacial score (nSPS) is 12.5. The number of rotatable bonds is 11. The fraction of sp³-hybridized carbons (Fsp3) is 0.355. The van der Waals surface area contributed by atoms with Gasteiger partial charge in [-0.2, -0.15) is 0 Å². The molecule has 0 radical (unpaired) electrons. The Kier molecular flexibility index (Phi) is 9.69. The second-order valence-electron chi connectivity index (χ2n) is 9.52. The van der Waals surface area contributed by atoms with Crippen molar-refractivity contribution in [2.75, 3.05) is 6.61 Å². The molecule has 0 aromatic heterocycles. The maximum atomic E-state index is 13.7. The molecule has 5 nitrogen and oxygen atoms in total. The summed E-state index contributed by atoms with van der Waals surface area (Å²) < 4.78 is 5.98. The lowest BCUT2D eigenvalue weighted by atomic mass is 10.0. The Bertz CT molecular complexity index is 1140. The summed E-state index contributed by atoms with van der Waals surface area (Å²) in [6.45, 7) is 10.2. The molecule has 3 aromatic rings. The molecule has 2 amide bonds. The second-order valence-corrected chi connectivity index (χ2v) is 9.52. The first kappa shape index (κ1) is 27.0. The Hall–Kier alpha value is -3.60. The molecule has 0 aliphatic carbocycles. The SMILES string of the molecule is CC[C@@H](C)NC(=O)[C@H](Cc1ccccc1)N(Cc1ccc(C)cc1)C(=O)COc1cccc(C)c1C. The van der Waals surface area contributed by atoms with Gasteiger partial charge in [-0.15, -0.1) is 0 Å². The topological polar surface area (TPSA) is 58.6 Å². The van der Waals surface area contributed by atoms with E-state index in [0.717, 1.165) is 34.2 Å². The van der Waals surface area contributed by atoms with E-state index in [9.17, 15) is 9.59 Å². The summed E-state index contributed by atoms with van der Waals surface area (Å²) in [7, 11) is 0. The number of benzene rings is 3. The zero-order valence-corrected chi connectivity index (χ0v) is 22.1. The van der Waals surface area contributed by atoms with Crippen LogP contribution in [0.4, 0.5) is 0 Å². The smallest absolute Gasteiger partial charge is 0.261 e. The minimum Gasteiger partial charge on any atom is -0.483 e. The number of amides is 2. The highest BCUT2D eigenvalue weighted by molar-refractivity contribution is 5.88. The van der Waals surface area contributed by atoms with Gasteiger partial charge in [-0.05, 0) is 62.4 Å². The van der Waals surface area contributed by atoms with E-state index >= 15 is 0 Å². The van der Waals surface area contributed by atoms with Gasteiger partial charge in [0.1, 0.15) is 11.8 Å². The molecule has 3 aromatic carbocycles. The van der Waals surface area contributed by atoms with Crippen molar-refractivity contribution >= 4 is 11.8 Å². The zero-order valence-electron chi connectivity index (χ0n) is 22.1. The number of nitrogens with one attached hydrogen (secondary N) is 1. The quantitative estimate of drug-likeness (QED) is 0.387. The molecule has 190 valence electrons. The largest absolute Gasteiger partial charge is 0.483 e. The zero-order chi connectivity index (χ0) is 26.1. The van der Waals surface area contributed by atoms with Crippen molar-refractivity contribution in [3.63, 3.8) is 0 Å². The third-order valence-corrected chi connectivity index (χ3v) is 6.65. The van der Waals surface area contributed by atoms with Crippen molar-refractivity contribution in [2.24, 2.45) is 0 Å². The van der Waals surface area contributed by atoms with Crippen LogP contribution in [0.25, 0.3) is 0 Å². The summed E-state index contributed by atoms with van der Waals surface area (Å²) in [5, 5.41) is 3.10. The molecule has 0 saturated carbocycles. The van der Waals surface area contributed by atoms with Gasteiger partial charge in [-0.3, -0.25) is 9.59 Å². The number of carbonyl (C=O) groups excluding carboxylic acids is 2. The van der Waals surface area contributed by atoms with Crippen LogP contribution in [-0.4, -0.2) is 35.4 Å². The molecular weight excluding hydrogens is 448 g/mol. The summed E-state index contributed by atoms with van der Waals surface area (Å²) in [5.41, 5.74) is 5.22. The van der Waals surface area contributed by atoms with Crippen molar-refractivity contribution in [1.82, 2.24) is 10.2 Å². The van der Waals surface area contributed by atoms with E-state index in [2.05, 4.69) is 5.32 Å². The van der Waals surface area contributed by atoms with Crippen LogP contribution in [0.3, 0.4) is 0 Å². The average Bonchev–Trinajstić information content (AvgIpc) is 2.88. The van der Waals surface area contributed by atoms with Gasteiger partial charge in [0.15, 0.2) is 6.61 Å². The fourth-order valence-corrected chi connectivity index (χ4v) is 3.99. The Morgan fingerprint density at radius 2 is 1.58 bits per heavy atom. The Balaban J connectivity index is 1.92. The highest BCUT2D eigenvalue weighted by Crippen LogP contribution is 2.21. The van der Waals surface area contributed by atoms with E-state index in [1.807, 2.05) is 107 Å². The average molecular weight is 487 g/mol. The van der Waals surface area contributed by atoms with Crippen LogP contribution in [0, 0.1) is 20.8 Å². The Morgan fingerprint density at radius 1 is 0.889 bits per heavy atom. The van der Waals surface area contributed by atoms with Gasteiger partial charge in [0, 0.05) is 19.0 Å². The van der Waals surface area contributed by atoms with Gasteiger partial charge in [-0.1, -0.05) is 79.2 Å². The third-order valence-electron chi connectivity index (χ3n) is 6.65. The molecule has 0 fully saturated rings. The molecule has 0 bridgehead atoms. The Morgan fingerprint density at radius 3 is 2.25 bits per heavy atom. The van der Waals surface area contributed by atoms with E-state index in [4.69, 9.17) is 4.74 Å². The van der Waals surface area contributed by atoms with Gasteiger partial charge in [-0.25, -0.2) is 0 Å². The summed E-state index contributed by atoms with van der Waals surface area (Å²) >= 11 is 0. The monoisotopic (exact) mass is 486 g/mol. The van der Waals surface area contributed by atoms with Crippen LogP contribution in [-0.2, 0) is 22.6 Å². The number of hydrogen-bond donors (Lipinski definition) is 1.